The number of azo groups is 1. The molecule has 0 spiro atoms. The molecule has 3 aromatic carbocycles. The number of phenolic OH excluding ortho intramolecular Hbond substituents is 1. The Labute approximate surface area is 202 Å². The number of rotatable bonds is 7. The fourth-order valence-electron chi connectivity index (χ4n) is 4.13. The molecule has 0 atom stereocenters. The molecule has 0 fully saturated rings. The molecule has 0 bridgehead atoms. The molecule has 5 heteroatoms. The summed E-state index contributed by atoms with van der Waals surface area (Å²) in [6, 6.07) is 21.3. The first-order chi connectivity index (χ1) is 16.2. The van der Waals surface area contributed by atoms with Crippen molar-refractivity contribution in [2.24, 2.45) is 10.2 Å². The summed E-state index contributed by atoms with van der Waals surface area (Å²) in [5, 5.41) is 19.0. The van der Waals surface area contributed by atoms with E-state index in [2.05, 4.69) is 10.2 Å². The summed E-state index contributed by atoms with van der Waals surface area (Å²) in [6.07, 6.45) is 1.71. The molecule has 1 N–H and O–H groups in total. The van der Waals surface area contributed by atoms with Crippen LogP contribution in [0.15, 0.2) is 83.0 Å². The number of aromatic hydroxyl groups is 1. The van der Waals surface area contributed by atoms with Crippen LogP contribution in [0.1, 0.15) is 49.9 Å². The standard InChI is InChI=1S/C29H33N3O2/c1-19(2)32(20(3)4)28(33)18-26(23-12-8-7-9-13-23)25-14-10-11-15-27(25)31-30-24-16-21(5)29(34)22(6)17-24/h7-20,34H,1-6H3/b26-18+,31-30?. The molecular weight excluding hydrogens is 422 g/mol. The predicted molar refractivity (Wildman–Crippen MR) is 139 cm³/mol. The third kappa shape index (κ3) is 5.79. The van der Waals surface area contributed by atoms with E-state index in [1.165, 1.54) is 0 Å². The Morgan fingerprint density at radius 1 is 0.853 bits per heavy atom. The maximum absolute atomic E-state index is 13.4. The van der Waals surface area contributed by atoms with Crippen LogP contribution < -0.4 is 0 Å². The van der Waals surface area contributed by atoms with Crippen molar-refractivity contribution < 1.29 is 9.90 Å². The van der Waals surface area contributed by atoms with E-state index >= 15 is 0 Å². The zero-order valence-electron chi connectivity index (χ0n) is 20.8. The van der Waals surface area contributed by atoms with Crippen molar-refractivity contribution in [3.63, 3.8) is 0 Å². The number of benzene rings is 3. The summed E-state index contributed by atoms with van der Waals surface area (Å²) in [7, 11) is 0. The van der Waals surface area contributed by atoms with Crippen molar-refractivity contribution in [3.05, 3.63) is 95.1 Å². The third-order valence-corrected chi connectivity index (χ3v) is 5.66. The monoisotopic (exact) mass is 455 g/mol. The van der Waals surface area contributed by atoms with Crippen LogP contribution in [0.2, 0.25) is 0 Å². The van der Waals surface area contributed by atoms with Gasteiger partial charge >= 0.3 is 0 Å². The van der Waals surface area contributed by atoms with Crippen LogP contribution in [0, 0.1) is 13.8 Å². The van der Waals surface area contributed by atoms with E-state index in [0.717, 1.165) is 27.8 Å². The highest BCUT2D eigenvalue weighted by atomic mass is 16.3. The zero-order chi connectivity index (χ0) is 24.8. The number of nitrogens with zero attached hydrogens (tertiary/aromatic N) is 3. The van der Waals surface area contributed by atoms with Crippen LogP contribution in [0.3, 0.4) is 0 Å². The van der Waals surface area contributed by atoms with Gasteiger partial charge in [0.25, 0.3) is 0 Å². The minimum atomic E-state index is -0.0413. The van der Waals surface area contributed by atoms with Gasteiger partial charge in [0.05, 0.1) is 11.4 Å². The van der Waals surface area contributed by atoms with E-state index in [4.69, 9.17) is 0 Å². The summed E-state index contributed by atoms with van der Waals surface area (Å²) in [6.45, 7) is 11.8. The lowest BCUT2D eigenvalue weighted by Gasteiger charge is -2.30. The number of aryl methyl sites for hydroxylation is 2. The molecular formula is C29H33N3O2. The van der Waals surface area contributed by atoms with E-state index in [1.54, 1.807) is 18.2 Å². The van der Waals surface area contributed by atoms with Gasteiger partial charge in [-0.05, 0) is 82.0 Å². The van der Waals surface area contributed by atoms with E-state index < -0.39 is 0 Å². The Hall–Kier alpha value is -3.73. The van der Waals surface area contributed by atoms with Crippen molar-refractivity contribution >= 4 is 22.9 Å². The fourth-order valence-corrected chi connectivity index (χ4v) is 4.13. The summed E-state index contributed by atoms with van der Waals surface area (Å²) in [4.78, 5) is 15.2. The highest BCUT2D eigenvalue weighted by Gasteiger charge is 2.20. The molecule has 5 nitrogen and oxygen atoms in total. The average Bonchev–Trinajstić information content (AvgIpc) is 2.80. The van der Waals surface area contributed by atoms with Gasteiger partial charge in [-0.15, -0.1) is 5.11 Å². The van der Waals surface area contributed by atoms with E-state index in [9.17, 15) is 9.90 Å². The first-order valence-corrected chi connectivity index (χ1v) is 11.6. The first-order valence-electron chi connectivity index (χ1n) is 11.6. The minimum absolute atomic E-state index is 0.0413. The van der Waals surface area contributed by atoms with Crippen LogP contribution in [0.4, 0.5) is 11.4 Å². The maximum Gasteiger partial charge on any atom is 0.247 e. The highest BCUT2D eigenvalue weighted by molar-refractivity contribution is 6.00. The van der Waals surface area contributed by atoms with E-state index in [-0.39, 0.29) is 23.7 Å². The van der Waals surface area contributed by atoms with Crippen molar-refractivity contribution in [1.82, 2.24) is 4.90 Å². The van der Waals surface area contributed by atoms with Crippen molar-refractivity contribution in [1.29, 1.82) is 0 Å². The number of carbonyl (C=O) groups is 1. The molecule has 0 aliphatic carbocycles. The summed E-state index contributed by atoms with van der Waals surface area (Å²) < 4.78 is 0. The Kier molecular flexibility index (Phi) is 8.00. The first kappa shape index (κ1) is 24.9. The summed E-state index contributed by atoms with van der Waals surface area (Å²) >= 11 is 0. The Morgan fingerprint density at radius 3 is 2.00 bits per heavy atom. The lowest BCUT2D eigenvalue weighted by molar-refractivity contribution is -0.129. The highest BCUT2D eigenvalue weighted by Crippen LogP contribution is 2.34. The second kappa shape index (κ2) is 10.9. The predicted octanol–water partition coefficient (Wildman–Crippen LogP) is 7.50. The molecule has 3 aromatic rings. The van der Waals surface area contributed by atoms with Gasteiger partial charge in [0.1, 0.15) is 5.75 Å². The quantitative estimate of drug-likeness (QED) is 0.296. The Morgan fingerprint density at radius 2 is 1.41 bits per heavy atom. The third-order valence-electron chi connectivity index (χ3n) is 5.66. The van der Waals surface area contributed by atoms with Crippen LogP contribution in [-0.2, 0) is 4.79 Å². The van der Waals surface area contributed by atoms with Crippen LogP contribution in [0.25, 0.3) is 5.57 Å². The molecule has 0 aromatic heterocycles. The Balaban J connectivity index is 2.11. The molecule has 0 saturated carbocycles. The molecule has 0 aliphatic heterocycles. The van der Waals surface area contributed by atoms with E-state index in [1.807, 2.05) is 101 Å². The van der Waals surface area contributed by atoms with Crippen molar-refractivity contribution in [2.45, 2.75) is 53.6 Å². The lowest BCUT2D eigenvalue weighted by Crippen LogP contribution is -2.41. The number of carbonyl (C=O) groups excluding carboxylic acids is 1. The molecule has 1 amide bonds. The molecule has 0 unspecified atom stereocenters. The van der Waals surface area contributed by atoms with Crippen LogP contribution >= 0.6 is 0 Å². The largest absolute Gasteiger partial charge is 0.507 e. The topological polar surface area (TPSA) is 65.3 Å². The van der Waals surface area contributed by atoms with Gasteiger partial charge in [-0.1, -0.05) is 48.5 Å². The molecule has 0 saturated heterocycles. The van der Waals surface area contributed by atoms with Gasteiger partial charge in [0.15, 0.2) is 0 Å². The van der Waals surface area contributed by atoms with Gasteiger partial charge in [-0.2, -0.15) is 5.11 Å². The number of hydrogen-bond acceptors (Lipinski definition) is 4. The zero-order valence-corrected chi connectivity index (χ0v) is 20.8. The van der Waals surface area contributed by atoms with Gasteiger partial charge < -0.3 is 10.0 Å². The molecule has 0 heterocycles. The SMILES string of the molecule is Cc1cc(N=Nc2ccccc2/C(=C/C(=O)N(C(C)C)C(C)C)c2ccccc2)cc(C)c1O. The van der Waals surface area contributed by atoms with Crippen molar-refractivity contribution in [2.75, 3.05) is 0 Å². The van der Waals surface area contributed by atoms with Gasteiger partial charge in [0, 0.05) is 23.7 Å². The van der Waals surface area contributed by atoms with Gasteiger partial charge in [0.2, 0.25) is 5.91 Å². The lowest BCUT2D eigenvalue weighted by atomic mass is 9.95. The molecule has 3 rings (SSSR count). The van der Waals surface area contributed by atoms with Gasteiger partial charge in [-0.25, -0.2) is 0 Å². The molecule has 0 radical (unpaired) electrons. The maximum atomic E-state index is 13.4. The van der Waals surface area contributed by atoms with E-state index in [0.29, 0.717) is 11.4 Å². The summed E-state index contributed by atoms with van der Waals surface area (Å²) in [5.41, 5.74) is 5.38. The minimum Gasteiger partial charge on any atom is -0.507 e. The van der Waals surface area contributed by atoms with Gasteiger partial charge in [-0.3, -0.25) is 4.79 Å². The molecule has 0 aliphatic rings. The normalized spacial score (nSPS) is 12.1. The molecule has 176 valence electrons. The second-order valence-corrected chi connectivity index (χ2v) is 9.00. The molecule has 34 heavy (non-hydrogen) atoms. The smallest absolute Gasteiger partial charge is 0.247 e. The average molecular weight is 456 g/mol. The number of amides is 1. The fraction of sp³-hybridized carbons (Fsp3) is 0.276. The summed E-state index contributed by atoms with van der Waals surface area (Å²) in [5.74, 6) is 0.229. The second-order valence-electron chi connectivity index (χ2n) is 9.00. The number of phenols is 1. The Bertz CT molecular complexity index is 1180. The number of hydrogen-bond donors (Lipinski definition) is 1. The van der Waals surface area contributed by atoms with Crippen LogP contribution in [0.5, 0.6) is 5.75 Å². The van der Waals surface area contributed by atoms with Crippen LogP contribution in [-0.4, -0.2) is 28.0 Å². The van der Waals surface area contributed by atoms with Crippen molar-refractivity contribution in [3.8, 4) is 5.75 Å².